The van der Waals surface area contributed by atoms with E-state index in [1.54, 1.807) is 30.3 Å². The largest absolute Gasteiger partial charge is 0.457 e. The van der Waals surface area contributed by atoms with E-state index in [0.717, 1.165) is 0 Å². The number of rotatable bonds is 3. The maximum Gasteiger partial charge on any atom is 0.412 e. The van der Waals surface area contributed by atoms with Crippen molar-refractivity contribution in [2.45, 2.75) is 0 Å². The van der Waals surface area contributed by atoms with E-state index in [1.807, 2.05) is 0 Å². The molecule has 0 saturated heterocycles. The number of amides is 1. The number of benzene rings is 1. The van der Waals surface area contributed by atoms with Gasteiger partial charge in [-0.15, -0.1) is 0 Å². The predicted octanol–water partition coefficient (Wildman–Crippen LogP) is 1.69. The second-order valence-electron chi connectivity index (χ2n) is 3.76. The predicted molar refractivity (Wildman–Crippen MR) is 70.2 cm³/mol. The molecule has 0 radical (unpaired) electrons. The zero-order chi connectivity index (χ0) is 14.5. The highest BCUT2D eigenvalue weighted by Crippen LogP contribution is 2.22. The first-order valence-corrected chi connectivity index (χ1v) is 5.55. The molecule has 7 heteroatoms. The number of nitrogens with two attached hydrogens (primary N) is 2. The molecule has 1 aromatic carbocycles. The van der Waals surface area contributed by atoms with Gasteiger partial charge in [-0.05, 0) is 30.3 Å². The zero-order valence-corrected chi connectivity index (χ0v) is 10.3. The van der Waals surface area contributed by atoms with Crippen molar-refractivity contribution in [3.63, 3.8) is 0 Å². The Morgan fingerprint density at radius 2 is 1.75 bits per heavy atom. The summed E-state index contributed by atoms with van der Waals surface area (Å²) in [5.41, 5.74) is 10.8. The summed E-state index contributed by atoms with van der Waals surface area (Å²) in [6.45, 7) is 0. The second-order valence-corrected chi connectivity index (χ2v) is 3.76. The van der Waals surface area contributed by atoms with Gasteiger partial charge in [0.15, 0.2) is 5.69 Å². The van der Waals surface area contributed by atoms with Crippen molar-refractivity contribution >= 4 is 17.7 Å². The molecule has 1 amide bonds. The van der Waals surface area contributed by atoms with E-state index in [2.05, 4.69) is 9.72 Å². The monoisotopic (exact) mass is 273 g/mol. The van der Waals surface area contributed by atoms with Crippen molar-refractivity contribution in [2.24, 2.45) is 5.73 Å². The summed E-state index contributed by atoms with van der Waals surface area (Å²) < 4.78 is 9.73. The first kappa shape index (κ1) is 13.3. The van der Waals surface area contributed by atoms with Crippen LogP contribution in [0.4, 0.5) is 10.5 Å². The van der Waals surface area contributed by atoms with E-state index in [9.17, 15) is 9.59 Å². The van der Waals surface area contributed by atoms with Crippen LogP contribution in [0.1, 0.15) is 10.5 Å². The van der Waals surface area contributed by atoms with Crippen molar-refractivity contribution in [3.05, 3.63) is 48.3 Å². The van der Waals surface area contributed by atoms with Crippen molar-refractivity contribution in [2.75, 3.05) is 5.73 Å². The maximum atomic E-state index is 11.4. The molecule has 0 spiro atoms. The van der Waals surface area contributed by atoms with E-state index in [0.29, 0.717) is 17.2 Å². The van der Waals surface area contributed by atoms with Crippen LogP contribution in [0.15, 0.2) is 42.6 Å². The Morgan fingerprint density at radius 3 is 2.40 bits per heavy atom. The van der Waals surface area contributed by atoms with Gasteiger partial charge < -0.3 is 20.9 Å². The fourth-order valence-electron chi connectivity index (χ4n) is 1.40. The van der Waals surface area contributed by atoms with Crippen LogP contribution in [0.3, 0.4) is 0 Å². The number of anilines is 1. The van der Waals surface area contributed by atoms with Crippen LogP contribution in [0.25, 0.3) is 0 Å². The van der Waals surface area contributed by atoms with E-state index in [4.69, 9.17) is 16.2 Å². The molecule has 1 heterocycles. The SMILES string of the molecule is NC(=O)OC(=O)c1cc(Oc2ccc(N)cc2)ccn1. The van der Waals surface area contributed by atoms with Crippen LogP contribution in [0, 0.1) is 0 Å². The average molecular weight is 273 g/mol. The molecule has 1 aromatic heterocycles. The summed E-state index contributed by atoms with van der Waals surface area (Å²) in [6.07, 6.45) is 0.158. The highest BCUT2D eigenvalue weighted by Gasteiger charge is 2.13. The fraction of sp³-hybridized carbons (Fsp3) is 0. The number of nitrogen functional groups attached to an aromatic ring is 1. The second kappa shape index (κ2) is 5.70. The summed E-state index contributed by atoms with van der Waals surface area (Å²) in [4.78, 5) is 25.7. The Morgan fingerprint density at radius 1 is 1.05 bits per heavy atom. The van der Waals surface area contributed by atoms with E-state index >= 15 is 0 Å². The number of carbonyl (C=O) groups is 2. The van der Waals surface area contributed by atoms with Gasteiger partial charge in [0, 0.05) is 18.0 Å². The number of primary amides is 1. The molecule has 0 atom stereocenters. The lowest BCUT2D eigenvalue weighted by Gasteiger charge is -2.06. The van der Waals surface area contributed by atoms with Crippen molar-refractivity contribution in [1.82, 2.24) is 4.98 Å². The third-order valence-corrected chi connectivity index (χ3v) is 2.25. The molecule has 20 heavy (non-hydrogen) atoms. The number of carbonyl (C=O) groups excluding carboxylic acids is 2. The third-order valence-electron chi connectivity index (χ3n) is 2.25. The van der Waals surface area contributed by atoms with Gasteiger partial charge in [0.1, 0.15) is 11.5 Å². The normalized spacial score (nSPS) is 9.80. The van der Waals surface area contributed by atoms with Crippen LogP contribution in [-0.2, 0) is 4.74 Å². The fourth-order valence-corrected chi connectivity index (χ4v) is 1.40. The molecular weight excluding hydrogens is 262 g/mol. The van der Waals surface area contributed by atoms with Gasteiger partial charge in [0.2, 0.25) is 0 Å². The van der Waals surface area contributed by atoms with Gasteiger partial charge in [-0.25, -0.2) is 14.6 Å². The number of hydrogen-bond donors (Lipinski definition) is 2. The number of esters is 1. The lowest BCUT2D eigenvalue weighted by molar-refractivity contribution is 0.0631. The molecule has 2 aromatic rings. The van der Waals surface area contributed by atoms with Gasteiger partial charge in [-0.1, -0.05) is 0 Å². The Kier molecular flexibility index (Phi) is 3.80. The van der Waals surface area contributed by atoms with Gasteiger partial charge >= 0.3 is 12.1 Å². The minimum absolute atomic E-state index is 0.0863. The number of hydrogen-bond acceptors (Lipinski definition) is 6. The first-order chi connectivity index (χ1) is 9.54. The van der Waals surface area contributed by atoms with Crippen molar-refractivity contribution < 1.29 is 19.1 Å². The number of pyridine rings is 1. The quantitative estimate of drug-likeness (QED) is 0.499. The van der Waals surface area contributed by atoms with Crippen LogP contribution >= 0.6 is 0 Å². The van der Waals surface area contributed by atoms with Crippen LogP contribution < -0.4 is 16.2 Å². The summed E-state index contributed by atoms with van der Waals surface area (Å²) in [5, 5.41) is 0. The van der Waals surface area contributed by atoms with E-state index in [1.165, 1.54) is 12.3 Å². The highest BCUT2D eigenvalue weighted by atomic mass is 16.6. The Bertz CT molecular complexity index is 640. The molecular formula is C13H11N3O4. The van der Waals surface area contributed by atoms with Crippen LogP contribution in [0.2, 0.25) is 0 Å². The lowest BCUT2D eigenvalue weighted by atomic mass is 10.3. The zero-order valence-electron chi connectivity index (χ0n) is 10.3. The Balaban J connectivity index is 2.15. The highest BCUT2D eigenvalue weighted by molar-refractivity contribution is 5.94. The molecule has 2 rings (SSSR count). The van der Waals surface area contributed by atoms with Gasteiger partial charge in [-0.2, -0.15) is 0 Å². The molecule has 4 N–H and O–H groups in total. The first-order valence-electron chi connectivity index (χ1n) is 5.55. The number of ether oxygens (including phenoxy) is 2. The summed E-state index contributed by atoms with van der Waals surface area (Å²) in [5.74, 6) is -0.0407. The smallest absolute Gasteiger partial charge is 0.412 e. The summed E-state index contributed by atoms with van der Waals surface area (Å²) in [6, 6.07) is 9.60. The third kappa shape index (κ3) is 3.45. The number of aromatic nitrogens is 1. The molecule has 102 valence electrons. The molecule has 0 unspecified atom stereocenters. The van der Waals surface area contributed by atoms with E-state index in [-0.39, 0.29) is 5.69 Å². The standard InChI is InChI=1S/C13H11N3O4/c14-8-1-3-9(4-2-8)19-10-5-6-16-11(7-10)12(17)20-13(15)18/h1-7H,14H2,(H2,15,18). The molecule has 0 aliphatic heterocycles. The van der Waals surface area contributed by atoms with Crippen molar-refractivity contribution in [3.8, 4) is 11.5 Å². The maximum absolute atomic E-state index is 11.4. The van der Waals surface area contributed by atoms with Crippen LogP contribution in [-0.4, -0.2) is 17.0 Å². The molecule has 0 bridgehead atoms. The molecule has 7 nitrogen and oxygen atoms in total. The average Bonchev–Trinajstić information content (AvgIpc) is 2.41. The van der Waals surface area contributed by atoms with Gasteiger partial charge in [-0.3, -0.25) is 0 Å². The summed E-state index contributed by atoms with van der Waals surface area (Å²) >= 11 is 0. The minimum Gasteiger partial charge on any atom is -0.457 e. The molecule has 0 aliphatic rings. The Hall–Kier alpha value is -3.09. The van der Waals surface area contributed by atoms with Gasteiger partial charge in [0.05, 0.1) is 0 Å². The van der Waals surface area contributed by atoms with Crippen LogP contribution in [0.5, 0.6) is 11.5 Å². The molecule has 0 fully saturated rings. The number of nitrogens with zero attached hydrogens (tertiary/aromatic N) is 1. The van der Waals surface area contributed by atoms with Gasteiger partial charge in [0.25, 0.3) is 0 Å². The Labute approximate surface area is 114 Å². The lowest BCUT2D eigenvalue weighted by Crippen LogP contribution is -2.19. The molecule has 0 aliphatic carbocycles. The molecule has 0 saturated carbocycles. The summed E-state index contributed by atoms with van der Waals surface area (Å²) in [7, 11) is 0. The van der Waals surface area contributed by atoms with Crippen molar-refractivity contribution in [1.29, 1.82) is 0 Å². The topological polar surface area (TPSA) is 118 Å². The van der Waals surface area contributed by atoms with E-state index < -0.39 is 12.1 Å². The minimum atomic E-state index is -1.19.